The second-order valence-electron chi connectivity index (χ2n) is 7.43. The van der Waals surface area contributed by atoms with E-state index in [-0.39, 0.29) is 5.91 Å². The van der Waals surface area contributed by atoms with Crippen LogP contribution in [0.5, 0.6) is 5.75 Å². The molecule has 1 saturated heterocycles. The third kappa shape index (κ3) is 5.40. The van der Waals surface area contributed by atoms with E-state index < -0.39 is 0 Å². The molecule has 0 aliphatic carbocycles. The van der Waals surface area contributed by atoms with Crippen molar-refractivity contribution in [1.82, 2.24) is 15.1 Å². The van der Waals surface area contributed by atoms with Crippen molar-refractivity contribution in [2.24, 2.45) is 0 Å². The van der Waals surface area contributed by atoms with Crippen molar-refractivity contribution in [2.75, 3.05) is 55.7 Å². The second-order valence-corrected chi connectivity index (χ2v) is 7.43. The minimum Gasteiger partial charge on any atom is -0.494 e. The van der Waals surface area contributed by atoms with E-state index in [1.165, 1.54) is 0 Å². The normalized spacial score (nSPS) is 14.0. The van der Waals surface area contributed by atoms with Crippen LogP contribution in [-0.4, -0.2) is 66.9 Å². The molecule has 1 aliphatic heterocycles. The first-order valence-corrected chi connectivity index (χ1v) is 11.0. The summed E-state index contributed by atoms with van der Waals surface area (Å²) in [6.45, 7) is 11.8. The van der Waals surface area contributed by atoms with Crippen molar-refractivity contribution in [3.05, 3.63) is 42.0 Å². The molecule has 30 heavy (non-hydrogen) atoms. The Kier molecular flexibility index (Phi) is 7.88. The molecule has 1 fully saturated rings. The van der Waals surface area contributed by atoms with Gasteiger partial charge in [0.25, 0.3) is 5.91 Å². The van der Waals surface area contributed by atoms with Gasteiger partial charge in [-0.25, -0.2) is 0 Å². The van der Waals surface area contributed by atoms with E-state index in [1.807, 2.05) is 41.3 Å². The fourth-order valence-corrected chi connectivity index (χ4v) is 3.55. The lowest BCUT2D eigenvalue weighted by Gasteiger charge is -2.35. The van der Waals surface area contributed by atoms with Gasteiger partial charge in [0.2, 0.25) is 0 Å². The summed E-state index contributed by atoms with van der Waals surface area (Å²) in [6, 6.07) is 11.5. The molecule has 3 rings (SSSR count). The number of aromatic nitrogens is 2. The van der Waals surface area contributed by atoms with Crippen LogP contribution in [0.3, 0.4) is 0 Å². The largest absolute Gasteiger partial charge is 0.494 e. The Hall–Kier alpha value is -2.83. The first-order valence-electron chi connectivity index (χ1n) is 11.0. The molecule has 7 nitrogen and oxygen atoms in total. The molecular formula is C23H33N5O2. The highest BCUT2D eigenvalue weighted by Gasteiger charge is 2.23. The van der Waals surface area contributed by atoms with E-state index in [9.17, 15) is 4.79 Å². The Morgan fingerprint density at radius 3 is 2.23 bits per heavy atom. The maximum absolute atomic E-state index is 12.8. The Balaban J connectivity index is 1.53. The number of amides is 1. The number of hydrogen-bond donors (Lipinski definition) is 0. The van der Waals surface area contributed by atoms with Crippen LogP contribution in [0.15, 0.2) is 36.4 Å². The molecule has 0 N–H and O–H groups in total. The van der Waals surface area contributed by atoms with Gasteiger partial charge in [0.05, 0.1) is 6.61 Å². The summed E-state index contributed by atoms with van der Waals surface area (Å²) in [4.78, 5) is 19.1. The Bertz CT molecular complexity index is 782. The number of carbonyl (C=O) groups is 1. The zero-order valence-corrected chi connectivity index (χ0v) is 18.4. The highest BCUT2D eigenvalue weighted by Crippen LogP contribution is 2.19. The number of rotatable bonds is 9. The molecule has 162 valence electrons. The molecule has 2 aromatic rings. The van der Waals surface area contributed by atoms with E-state index in [4.69, 9.17) is 4.74 Å². The molecule has 0 bridgehead atoms. The van der Waals surface area contributed by atoms with Crippen LogP contribution >= 0.6 is 0 Å². The first kappa shape index (κ1) is 21.9. The highest BCUT2D eigenvalue weighted by molar-refractivity contribution is 5.94. The number of carbonyl (C=O) groups excluding carboxylic acids is 1. The van der Waals surface area contributed by atoms with E-state index in [0.717, 1.165) is 56.4 Å². The molecular weight excluding hydrogens is 378 g/mol. The maximum Gasteiger partial charge on any atom is 0.253 e. The molecule has 0 saturated carbocycles. The van der Waals surface area contributed by atoms with E-state index in [1.54, 1.807) is 0 Å². The number of anilines is 2. The van der Waals surface area contributed by atoms with Crippen LogP contribution in [0.2, 0.25) is 0 Å². The van der Waals surface area contributed by atoms with Crippen LogP contribution in [0.1, 0.15) is 44.0 Å². The van der Waals surface area contributed by atoms with Crippen LogP contribution in [0.4, 0.5) is 11.6 Å². The number of benzene rings is 1. The Labute approximate surface area is 179 Å². The predicted octanol–water partition coefficient (Wildman–Crippen LogP) is 3.46. The number of nitrogens with zero attached hydrogens (tertiary/aromatic N) is 5. The summed E-state index contributed by atoms with van der Waals surface area (Å²) in [5.74, 6) is 2.65. The average Bonchev–Trinajstić information content (AvgIpc) is 2.81. The molecule has 0 unspecified atom stereocenters. The van der Waals surface area contributed by atoms with Gasteiger partial charge in [-0.2, -0.15) is 0 Å². The van der Waals surface area contributed by atoms with E-state index >= 15 is 0 Å². The summed E-state index contributed by atoms with van der Waals surface area (Å²) < 4.78 is 5.68. The molecule has 1 aromatic carbocycles. The summed E-state index contributed by atoms with van der Waals surface area (Å²) in [6.07, 6.45) is 2.14. The van der Waals surface area contributed by atoms with Crippen LogP contribution in [0.25, 0.3) is 0 Å². The van der Waals surface area contributed by atoms with Gasteiger partial charge in [0.15, 0.2) is 11.6 Å². The Morgan fingerprint density at radius 1 is 0.967 bits per heavy atom. The van der Waals surface area contributed by atoms with Crippen molar-refractivity contribution in [3.63, 3.8) is 0 Å². The van der Waals surface area contributed by atoms with E-state index in [2.05, 4.69) is 40.8 Å². The van der Waals surface area contributed by atoms with Crippen molar-refractivity contribution in [3.8, 4) is 5.75 Å². The van der Waals surface area contributed by atoms with Gasteiger partial charge in [0.1, 0.15) is 5.75 Å². The van der Waals surface area contributed by atoms with Crippen LogP contribution < -0.4 is 14.5 Å². The minimum atomic E-state index is 0.0673. The van der Waals surface area contributed by atoms with Crippen molar-refractivity contribution >= 4 is 17.5 Å². The predicted molar refractivity (Wildman–Crippen MR) is 121 cm³/mol. The van der Waals surface area contributed by atoms with Gasteiger partial charge in [-0.1, -0.05) is 13.3 Å². The smallest absolute Gasteiger partial charge is 0.253 e. The SMILES string of the molecule is CCCCOc1ccc(C(=O)N2CCN(c3ccc(N(CC)CC)nn3)CC2)cc1. The lowest BCUT2D eigenvalue weighted by atomic mass is 10.1. The second kappa shape index (κ2) is 10.8. The highest BCUT2D eigenvalue weighted by atomic mass is 16.5. The minimum absolute atomic E-state index is 0.0673. The van der Waals surface area contributed by atoms with Gasteiger partial charge in [-0.15, -0.1) is 10.2 Å². The standard InChI is InChI=1S/C23H33N5O2/c1-4-7-18-30-20-10-8-19(9-11-20)23(29)28-16-14-27(15-17-28)22-13-12-21(24-25-22)26(5-2)6-3/h8-13H,4-7,14-18H2,1-3H3. The molecule has 0 radical (unpaired) electrons. The monoisotopic (exact) mass is 411 g/mol. The summed E-state index contributed by atoms with van der Waals surface area (Å²) in [7, 11) is 0. The topological polar surface area (TPSA) is 61.8 Å². The van der Waals surface area contributed by atoms with Crippen molar-refractivity contribution in [2.45, 2.75) is 33.6 Å². The molecule has 1 aromatic heterocycles. The maximum atomic E-state index is 12.8. The van der Waals surface area contributed by atoms with Gasteiger partial charge >= 0.3 is 0 Å². The van der Waals surface area contributed by atoms with Gasteiger partial charge < -0.3 is 19.4 Å². The van der Waals surface area contributed by atoms with Gasteiger partial charge in [-0.3, -0.25) is 4.79 Å². The molecule has 7 heteroatoms. The van der Waals surface area contributed by atoms with Crippen LogP contribution in [0, 0.1) is 0 Å². The number of ether oxygens (including phenoxy) is 1. The number of piperazine rings is 1. The molecule has 1 aliphatic rings. The molecule has 0 atom stereocenters. The third-order valence-electron chi connectivity index (χ3n) is 5.48. The fourth-order valence-electron chi connectivity index (χ4n) is 3.55. The quantitative estimate of drug-likeness (QED) is 0.589. The zero-order valence-electron chi connectivity index (χ0n) is 18.4. The Morgan fingerprint density at radius 2 is 1.67 bits per heavy atom. The summed E-state index contributed by atoms with van der Waals surface area (Å²) in [5, 5.41) is 8.78. The molecule has 0 spiro atoms. The third-order valence-corrected chi connectivity index (χ3v) is 5.48. The fraction of sp³-hybridized carbons (Fsp3) is 0.522. The number of unbranched alkanes of at least 4 members (excludes halogenated alkanes) is 1. The lowest BCUT2D eigenvalue weighted by Crippen LogP contribution is -2.49. The van der Waals surface area contributed by atoms with Crippen molar-refractivity contribution in [1.29, 1.82) is 0 Å². The van der Waals surface area contributed by atoms with E-state index in [0.29, 0.717) is 25.3 Å². The summed E-state index contributed by atoms with van der Waals surface area (Å²) >= 11 is 0. The average molecular weight is 412 g/mol. The van der Waals surface area contributed by atoms with Crippen LogP contribution in [-0.2, 0) is 0 Å². The molecule has 2 heterocycles. The number of hydrogen-bond acceptors (Lipinski definition) is 6. The van der Waals surface area contributed by atoms with Gasteiger partial charge in [0, 0.05) is 44.8 Å². The van der Waals surface area contributed by atoms with Gasteiger partial charge in [-0.05, 0) is 56.7 Å². The molecule has 1 amide bonds. The summed E-state index contributed by atoms with van der Waals surface area (Å²) in [5.41, 5.74) is 0.703. The first-order chi connectivity index (χ1) is 14.7. The zero-order chi connectivity index (χ0) is 21.3. The van der Waals surface area contributed by atoms with Crippen molar-refractivity contribution < 1.29 is 9.53 Å². The lowest BCUT2D eigenvalue weighted by molar-refractivity contribution is 0.0746.